The summed E-state index contributed by atoms with van der Waals surface area (Å²) in [7, 11) is -2.46. The topological polar surface area (TPSA) is 113 Å². The number of methoxy groups -OCH3 is 1. The molecule has 0 aliphatic carbocycles. The van der Waals surface area contributed by atoms with Gasteiger partial charge in [0.05, 0.1) is 29.5 Å². The largest absolute Gasteiger partial charge is 0.465 e. The Hall–Kier alpha value is -1.99. The fraction of sp³-hybridized carbons (Fsp3) is 0.476. The van der Waals surface area contributed by atoms with E-state index in [1.807, 2.05) is 0 Å². The number of esters is 1. The van der Waals surface area contributed by atoms with Gasteiger partial charge in [0.15, 0.2) is 0 Å². The van der Waals surface area contributed by atoms with Crippen molar-refractivity contribution >= 4 is 67.1 Å². The van der Waals surface area contributed by atoms with Crippen LogP contribution in [0.1, 0.15) is 40.6 Å². The molecule has 34 heavy (non-hydrogen) atoms. The van der Waals surface area contributed by atoms with Gasteiger partial charge < -0.3 is 15.0 Å². The molecular weight excluding hydrogens is 522 g/mol. The van der Waals surface area contributed by atoms with Gasteiger partial charge in [-0.15, -0.1) is 22.7 Å². The van der Waals surface area contributed by atoms with Gasteiger partial charge in [0.25, 0.3) is 10.0 Å². The van der Waals surface area contributed by atoms with Crippen molar-refractivity contribution in [3.8, 4) is 0 Å². The fourth-order valence-electron chi connectivity index (χ4n) is 4.23. The summed E-state index contributed by atoms with van der Waals surface area (Å²) >= 11 is 8.15. The summed E-state index contributed by atoms with van der Waals surface area (Å²) in [6.07, 6.45) is 1.55. The summed E-state index contributed by atoms with van der Waals surface area (Å²) in [5, 5.41) is 3.22. The number of thiophene rings is 2. The van der Waals surface area contributed by atoms with E-state index in [1.165, 1.54) is 41.8 Å². The van der Waals surface area contributed by atoms with Crippen LogP contribution in [0, 0.1) is 5.92 Å². The number of nitrogens with one attached hydrogen (secondary N) is 1. The van der Waals surface area contributed by atoms with Gasteiger partial charge in [-0.1, -0.05) is 11.6 Å². The Morgan fingerprint density at radius 3 is 2.62 bits per heavy atom. The van der Waals surface area contributed by atoms with Crippen molar-refractivity contribution in [2.45, 2.75) is 36.9 Å². The van der Waals surface area contributed by atoms with Gasteiger partial charge >= 0.3 is 5.97 Å². The Morgan fingerprint density at radius 1 is 1.21 bits per heavy atom. The molecule has 1 N–H and O–H groups in total. The van der Waals surface area contributed by atoms with Crippen molar-refractivity contribution in [2.75, 3.05) is 32.1 Å². The summed E-state index contributed by atoms with van der Waals surface area (Å²) in [5.74, 6) is -1.53. The highest BCUT2D eigenvalue weighted by Crippen LogP contribution is 2.38. The number of hydrogen-bond donors (Lipinski definition) is 1. The van der Waals surface area contributed by atoms with Crippen LogP contribution in [0.5, 0.6) is 0 Å². The van der Waals surface area contributed by atoms with Gasteiger partial charge in [-0.25, -0.2) is 13.2 Å². The second kappa shape index (κ2) is 9.94. The van der Waals surface area contributed by atoms with Crippen LogP contribution in [0.4, 0.5) is 5.00 Å². The molecule has 4 rings (SSSR count). The minimum Gasteiger partial charge on any atom is -0.465 e. The lowest BCUT2D eigenvalue weighted by molar-refractivity contribution is -0.129. The molecule has 1 saturated heterocycles. The molecule has 1 atom stereocenters. The Morgan fingerprint density at radius 2 is 1.97 bits per heavy atom. The van der Waals surface area contributed by atoms with Gasteiger partial charge in [0.2, 0.25) is 11.8 Å². The number of rotatable bonds is 5. The maximum Gasteiger partial charge on any atom is 0.341 e. The van der Waals surface area contributed by atoms with Crippen molar-refractivity contribution in [1.29, 1.82) is 0 Å². The van der Waals surface area contributed by atoms with E-state index in [0.29, 0.717) is 53.8 Å². The van der Waals surface area contributed by atoms with Crippen LogP contribution < -0.4 is 5.32 Å². The second-order valence-electron chi connectivity index (χ2n) is 8.14. The molecule has 1 fully saturated rings. The molecule has 2 amide bonds. The van der Waals surface area contributed by atoms with Gasteiger partial charge in [-0.05, 0) is 37.0 Å². The Kier molecular flexibility index (Phi) is 7.34. The molecule has 0 bridgehead atoms. The number of piperidine rings is 1. The summed E-state index contributed by atoms with van der Waals surface area (Å²) in [5.41, 5.74) is 1.10. The van der Waals surface area contributed by atoms with Crippen molar-refractivity contribution in [3.05, 3.63) is 32.5 Å². The van der Waals surface area contributed by atoms with Gasteiger partial charge in [0, 0.05) is 31.4 Å². The second-order valence-corrected chi connectivity index (χ2v) is 13.1. The first-order chi connectivity index (χ1) is 16.1. The van der Waals surface area contributed by atoms with E-state index in [4.69, 9.17) is 16.3 Å². The van der Waals surface area contributed by atoms with Crippen LogP contribution in [-0.4, -0.2) is 62.2 Å². The highest BCUT2D eigenvalue weighted by molar-refractivity contribution is 7.91. The van der Waals surface area contributed by atoms with Crippen LogP contribution in [0.2, 0.25) is 4.34 Å². The molecule has 4 heterocycles. The molecule has 0 saturated carbocycles. The van der Waals surface area contributed by atoms with Crippen LogP contribution >= 0.6 is 34.3 Å². The lowest BCUT2D eigenvalue weighted by Crippen LogP contribution is -2.43. The number of sulfonamides is 1. The minimum absolute atomic E-state index is 0.0421. The number of nitrogens with zero attached hydrogens (tertiary/aromatic N) is 2. The third-order valence-corrected chi connectivity index (χ3v) is 10.7. The van der Waals surface area contributed by atoms with Crippen molar-refractivity contribution in [1.82, 2.24) is 9.21 Å². The van der Waals surface area contributed by atoms with E-state index in [9.17, 15) is 22.8 Å². The van der Waals surface area contributed by atoms with E-state index >= 15 is 0 Å². The van der Waals surface area contributed by atoms with E-state index < -0.39 is 21.9 Å². The smallest absolute Gasteiger partial charge is 0.341 e. The molecule has 0 spiro atoms. The first-order valence-corrected chi connectivity index (χ1v) is 14.1. The summed E-state index contributed by atoms with van der Waals surface area (Å²) in [6.45, 7) is 2.71. The third-order valence-electron chi connectivity index (χ3n) is 6.03. The normalized spacial score (nSPS) is 18.9. The van der Waals surface area contributed by atoms with Crippen LogP contribution in [0.25, 0.3) is 0 Å². The van der Waals surface area contributed by atoms with Crippen molar-refractivity contribution in [2.24, 2.45) is 5.92 Å². The lowest BCUT2D eigenvalue weighted by Gasteiger charge is -2.30. The molecule has 13 heteroatoms. The molecule has 2 aromatic rings. The average Bonchev–Trinajstić information content (AvgIpc) is 3.41. The van der Waals surface area contributed by atoms with Crippen LogP contribution in [-0.2, 0) is 37.3 Å². The number of amides is 2. The zero-order valence-corrected chi connectivity index (χ0v) is 21.8. The Labute approximate surface area is 210 Å². The molecule has 1 unspecified atom stereocenters. The molecule has 9 nitrogen and oxygen atoms in total. The average molecular weight is 546 g/mol. The number of carbonyl (C=O) groups excluding carboxylic acids is 3. The molecule has 2 aromatic heterocycles. The standard InChI is InChI=1S/C21H24ClN3O6S3/c1-12(26)24-9-7-14-15(11-24)32-20(18(14)21(28)31-2)23-19(27)13-4-3-8-25(10-13)34(29,30)17-6-5-16(22)33-17/h5-6,13H,3-4,7-11H2,1-2H3,(H,23,27). The lowest BCUT2D eigenvalue weighted by atomic mass is 9.98. The number of carbonyl (C=O) groups is 3. The van der Waals surface area contributed by atoms with E-state index in [0.717, 1.165) is 21.8 Å². The number of ether oxygens (including phenoxy) is 1. The number of fused-ring (bicyclic) bond motifs is 1. The maximum atomic E-state index is 13.2. The van der Waals surface area contributed by atoms with E-state index in [1.54, 1.807) is 4.90 Å². The minimum atomic E-state index is -3.74. The third kappa shape index (κ3) is 4.87. The molecular formula is C21H24ClN3O6S3. The first-order valence-electron chi connectivity index (χ1n) is 10.7. The maximum absolute atomic E-state index is 13.2. The molecule has 2 aliphatic heterocycles. The summed E-state index contributed by atoms with van der Waals surface area (Å²) in [6, 6.07) is 3.00. The summed E-state index contributed by atoms with van der Waals surface area (Å²) in [4.78, 5) is 40.0. The number of anilines is 1. The van der Waals surface area contributed by atoms with E-state index in [-0.39, 0.29) is 22.6 Å². The molecule has 184 valence electrons. The van der Waals surface area contributed by atoms with Gasteiger partial charge in [-0.2, -0.15) is 4.31 Å². The van der Waals surface area contributed by atoms with E-state index in [2.05, 4.69) is 5.32 Å². The first kappa shape index (κ1) is 25.1. The Balaban J connectivity index is 1.54. The van der Waals surface area contributed by atoms with Gasteiger partial charge in [-0.3, -0.25) is 9.59 Å². The zero-order chi connectivity index (χ0) is 24.6. The quantitative estimate of drug-likeness (QED) is 0.577. The van der Waals surface area contributed by atoms with Crippen LogP contribution in [0.3, 0.4) is 0 Å². The van der Waals surface area contributed by atoms with Crippen LogP contribution in [0.15, 0.2) is 16.3 Å². The number of halogens is 1. The molecule has 0 aromatic carbocycles. The monoisotopic (exact) mass is 545 g/mol. The predicted octanol–water partition coefficient (Wildman–Crippen LogP) is 3.19. The van der Waals surface area contributed by atoms with Crippen molar-refractivity contribution in [3.63, 3.8) is 0 Å². The molecule has 0 radical (unpaired) electrons. The predicted molar refractivity (Wildman–Crippen MR) is 130 cm³/mol. The highest BCUT2D eigenvalue weighted by Gasteiger charge is 2.36. The SMILES string of the molecule is COC(=O)c1c(NC(=O)C2CCCN(S(=O)(=O)c3ccc(Cl)s3)C2)sc2c1CCN(C(C)=O)C2. The van der Waals surface area contributed by atoms with Gasteiger partial charge in [0.1, 0.15) is 9.21 Å². The van der Waals surface area contributed by atoms with Crippen molar-refractivity contribution < 1.29 is 27.5 Å². The number of hydrogen-bond acceptors (Lipinski definition) is 8. The zero-order valence-electron chi connectivity index (χ0n) is 18.6. The highest BCUT2D eigenvalue weighted by atomic mass is 35.5. The Bertz CT molecular complexity index is 1240. The summed E-state index contributed by atoms with van der Waals surface area (Å²) < 4.78 is 32.8. The molecule has 2 aliphatic rings. The fourth-order valence-corrected chi connectivity index (χ4v) is 8.65.